The van der Waals surface area contributed by atoms with E-state index in [2.05, 4.69) is 10.4 Å². The highest BCUT2D eigenvalue weighted by Gasteiger charge is 2.16. The fourth-order valence-corrected chi connectivity index (χ4v) is 1.33. The van der Waals surface area contributed by atoms with Gasteiger partial charge in [-0.1, -0.05) is 0 Å². The fourth-order valence-electron chi connectivity index (χ4n) is 1.33. The summed E-state index contributed by atoms with van der Waals surface area (Å²) in [5.41, 5.74) is -0.143. The number of aromatic nitrogens is 2. The van der Waals surface area contributed by atoms with Gasteiger partial charge in [0.1, 0.15) is 11.3 Å². The summed E-state index contributed by atoms with van der Waals surface area (Å²) in [5, 5.41) is 6.53. The van der Waals surface area contributed by atoms with Crippen LogP contribution in [0.25, 0.3) is 0 Å². The average molecular weight is 253 g/mol. The van der Waals surface area contributed by atoms with E-state index < -0.39 is 5.60 Å². The Morgan fingerprint density at radius 1 is 1.44 bits per heavy atom. The van der Waals surface area contributed by atoms with Crippen molar-refractivity contribution in [3.05, 3.63) is 18.0 Å². The van der Waals surface area contributed by atoms with E-state index in [0.29, 0.717) is 12.2 Å². The fraction of sp³-hybridized carbons (Fsp3) is 0.583. The minimum absolute atomic E-state index is 0.228. The highest BCUT2D eigenvalue weighted by molar-refractivity contribution is 5.91. The van der Waals surface area contributed by atoms with E-state index >= 15 is 0 Å². The van der Waals surface area contributed by atoms with Crippen molar-refractivity contribution in [2.75, 3.05) is 7.05 Å². The molecule has 0 unspecified atom stereocenters. The number of ether oxygens (including phenoxy) is 1. The second-order valence-corrected chi connectivity index (χ2v) is 4.88. The molecule has 0 fully saturated rings. The lowest BCUT2D eigenvalue weighted by Gasteiger charge is -2.19. The summed E-state index contributed by atoms with van der Waals surface area (Å²) in [6.45, 7) is 5.86. The smallest absolute Gasteiger partial charge is 0.308 e. The molecule has 6 nitrogen and oxygen atoms in total. The van der Waals surface area contributed by atoms with Gasteiger partial charge in [-0.3, -0.25) is 14.3 Å². The molecule has 0 aliphatic rings. The Balaban J connectivity index is 2.47. The first-order valence-corrected chi connectivity index (χ1v) is 5.79. The predicted octanol–water partition coefficient (Wildman–Crippen LogP) is 0.974. The summed E-state index contributed by atoms with van der Waals surface area (Å²) < 4.78 is 6.73. The van der Waals surface area contributed by atoms with Crippen LogP contribution < -0.4 is 5.32 Å². The van der Waals surface area contributed by atoms with Crippen LogP contribution in [0.2, 0.25) is 0 Å². The van der Waals surface area contributed by atoms with Gasteiger partial charge in [0, 0.05) is 13.2 Å². The maximum Gasteiger partial charge on any atom is 0.308 e. The van der Waals surface area contributed by atoms with E-state index in [1.165, 1.54) is 0 Å². The summed E-state index contributed by atoms with van der Waals surface area (Å²) in [6.07, 6.45) is 1.89. The van der Waals surface area contributed by atoms with Crippen molar-refractivity contribution in [2.45, 2.75) is 39.3 Å². The van der Waals surface area contributed by atoms with Crippen LogP contribution in [-0.4, -0.2) is 34.3 Å². The molecule has 0 aromatic carbocycles. The molecule has 1 amide bonds. The van der Waals surface area contributed by atoms with Crippen LogP contribution in [0, 0.1) is 0 Å². The Labute approximate surface area is 106 Å². The third kappa shape index (κ3) is 4.57. The minimum Gasteiger partial charge on any atom is -0.460 e. The first-order valence-electron chi connectivity index (χ1n) is 5.79. The Kier molecular flexibility index (Phi) is 4.47. The van der Waals surface area contributed by atoms with Crippen molar-refractivity contribution in [1.29, 1.82) is 0 Å². The highest BCUT2D eigenvalue weighted by Crippen LogP contribution is 2.08. The van der Waals surface area contributed by atoms with Gasteiger partial charge < -0.3 is 10.1 Å². The molecule has 6 heteroatoms. The number of nitrogens with one attached hydrogen (secondary N) is 1. The van der Waals surface area contributed by atoms with Gasteiger partial charge in [0.25, 0.3) is 5.91 Å². The van der Waals surface area contributed by atoms with Crippen molar-refractivity contribution < 1.29 is 14.3 Å². The zero-order valence-corrected chi connectivity index (χ0v) is 11.2. The van der Waals surface area contributed by atoms with Crippen molar-refractivity contribution in [1.82, 2.24) is 15.1 Å². The van der Waals surface area contributed by atoms with E-state index in [4.69, 9.17) is 4.74 Å². The number of esters is 1. The Bertz CT molecular complexity index is 432. The number of amides is 1. The molecule has 0 atom stereocenters. The number of aryl methyl sites for hydroxylation is 1. The average Bonchev–Trinajstić information content (AvgIpc) is 2.71. The van der Waals surface area contributed by atoms with Crippen molar-refractivity contribution >= 4 is 11.9 Å². The molecular weight excluding hydrogens is 234 g/mol. The zero-order valence-electron chi connectivity index (χ0n) is 11.2. The van der Waals surface area contributed by atoms with Crippen molar-refractivity contribution in [2.24, 2.45) is 0 Å². The molecule has 0 saturated carbocycles. The van der Waals surface area contributed by atoms with E-state index in [-0.39, 0.29) is 18.3 Å². The molecule has 0 spiro atoms. The van der Waals surface area contributed by atoms with Crippen LogP contribution in [0.5, 0.6) is 0 Å². The van der Waals surface area contributed by atoms with Crippen LogP contribution in [0.1, 0.15) is 37.7 Å². The van der Waals surface area contributed by atoms with E-state index in [1.807, 2.05) is 20.8 Å². The first kappa shape index (κ1) is 14.2. The van der Waals surface area contributed by atoms with Crippen LogP contribution in [0.15, 0.2) is 12.3 Å². The molecule has 18 heavy (non-hydrogen) atoms. The number of carbonyl (C=O) groups is 2. The number of nitrogens with zero attached hydrogens (tertiary/aromatic N) is 2. The van der Waals surface area contributed by atoms with Gasteiger partial charge in [0.15, 0.2) is 0 Å². The SMILES string of the molecule is CNC(=O)c1ccn(CCC(=O)OC(C)(C)C)n1. The molecule has 0 bridgehead atoms. The largest absolute Gasteiger partial charge is 0.460 e. The molecule has 0 saturated heterocycles. The molecule has 1 N–H and O–H groups in total. The van der Waals surface area contributed by atoms with E-state index in [0.717, 1.165) is 0 Å². The second-order valence-electron chi connectivity index (χ2n) is 4.88. The monoisotopic (exact) mass is 253 g/mol. The van der Waals surface area contributed by atoms with Gasteiger partial charge >= 0.3 is 5.97 Å². The minimum atomic E-state index is -0.478. The summed E-state index contributed by atoms with van der Waals surface area (Å²) >= 11 is 0. The summed E-state index contributed by atoms with van der Waals surface area (Å²) in [6, 6.07) is 1.61. The topological polar surface area (TPSA) is 73.2 Å². The lowest BCUT2D eigenvalue weighted by molar-refractivity contribution is -0.155. The number of hydrogen-bond donors (Lipinski definition) is 1. The van der Waals surface area contributed by atoms with Crippen molar-refractivity contribution in [3.63, 3.8) is 0 Å². The lowest BCUT2D eigenvalue weighted by Crippen LogP contribution is -2.24. The van der Waals surface area contributed by atoms with E-state index in [1.54, 1.807) is 24.0 Å². The normalized spacial score (nSPS) is 11.1. The van der Waals surface area contributed by atoms with Crippen LogP contribution >= 0.6 is 0 Å². The Hall–Kier alpha value is -1.85. The standard InChI is InChI=1S/C12H19N3O3/c1-12(2,3)18-10(16)6-8-15-7-5-9(14-15)11(17)13-4/h5,7H,6,8H2,1-4H3,(H,13,17). The predicted molar refractivity (Wildman–Crippen MR) is 66.1 cm³/mol. The Morgan fingerprint density at radius 2 is 2.11 bits per heavy atom. The second kappa shape index (κ2) is 5.66. The molecule has 0 aliphatic carbocycles. The molecule has 1 rings (SSSR count). The van der Waals surface area contributed by atoms with Crippen LogP contribution in [-0.2, 0) is 16.1 Å². The van der Waals surface area contributed by atoms with Crippen LogP contribution in [0.3, 0.4) is 0 Å². The maximum atomic E-state index is 11.5. The van der Waals surface area contributed by atoms with Gasteiger partial charge in [0.05, 0.1) is 13.0 Å². The summed E-state index contributed by atoms with van der Waals surface area (Å²) in [5.74, 6) is -0.523. The van der Waals surface area contributed by atoms with Crippen LogP contribution in [0.4, 0.5) is 0 Å². The third-order valence-electron chi connectivity index (χ3n) is 2.07. The summed E-state index contributed by atoms with van der Waals surface area (Å²) in [4.78, 5) is 22.8. The zero-order chi connectivity index (χ0) is 13.8. The van der Waals surface area contributed by atoms with Crippen molar-refractivity contribution in [3.8, 4) is 0 Å². The number of carbonyl (C=O) groups excluding carboxylic acids is 2. The van der Waals surface area contributed by atoms with Gasteiger partial charge in [-0.2, -0.15) is 5.10 Å². The molecule has 0 aliphatic heterocycles. The number of hydrogen-bond acceptors (Lipinski definition) is 4. The molecule has 1 aromatic heterocycles. The molecule has 1 aromatic rings. The van der Waals surface area contributed by atoms with Gasteiger partial charge in [-0.15, -0.1) is 0 Å². The van der Waals surface area contributed by atoms with Gasteiger partial charge in [-0.05, 0) is 26.8 Å². The van der Waals surface area contributed by atoms with Gasteiger partial charge in [0.2, 0.25) is 0 Å². The third-order valence-corrected chi connectivity index (χ3v) is 2.07. The molecule has 0 radical (unpaired) electrons. The first-order chi connectivity index (χ1) is 8.31. The summed E-state index contributed by atoms with van der Waals surface area (Å²) in [7, 11) is 1.54. The lowest BCUT2D eigenvalue weighted by atomic mass is 10.2. The molecular formula is C12H19N3O3. The van der Waals surface area contributed by atoms with Gasteiger partial charge in [-0.25, -0.2) is 0 Å². The van der Waals surface area contributed by atoms with E-state index in [9.17, 15) is 9.59 Å². The molecule has 100 valence electrons. The molecule has 1 heterocycles. The Morgan fingerprint density at radius 3 is 2.67 bits per heavy atom. The quantitative estimate of drug-likeness (QED) is 0.812. The highest BCUT2D eigenvalue weighted by atomic mass is 16.6. The maximum absolute atomic E-state index is 11.5. The number of rotatable bonds is 4.